The van der Waals surface area contributed by atoms with E-state index in [0.29, 0.717) is 0 Å². The van der Waals surface area contributed by atoms with Crippen LogP contribution in [0.5, 0.6) is 0 Å². The Morgan fingerprint density at radius 3 is 1.60 bits per heavy atom. The minimum Gasteiger partial charge on any atom is -0.166 e. The molecule has 136 valence electrons. The molecule has 0 unspecified atom stereocenters. The van der Waals surface area contributed by atoms with Crippen LogP contribution in [0.25, 0.3) is 11.1 Å². The molecular weight excluding hydrogens is 340 g/mol. The molecule has 0 aromatic heterocycles. The van der Waals surface area contributed by atoms with E-state index in [1.54, 1.807) is 12.1 Å². The molecule has 0 N–H and O–H groups in total. The lowest BCUT2D eigenvalue weighted by molar-refractivity contribution is -0.137. The van der Waals surface area contributed by atoms with Crippen molar-refractivity contribution in [3.8, 4) is 11.1 Å². The topological polar surface area (TPSA) is 0 Å². The molecule has 0 heterocycles. The van der Waals surface area contributed by atoms with Crippen molar-refractivity contribution in [3.63, 3.8) is 0 Å². The minimum atomic E-state index is -4.30. The predicted molar refractivity (Wildman–Crippen MR) is 103 cm³/mol. The van der Waals surface area contributed by atoms with E-state index in [9.17, 15) is 13.2 Å². The molecule has 0 fully saturated rings. The van der Waals surface area contributed by atoms with Gasteiger partial charge < -0.3 is 0 Å². The normalized spacial score (nSPS) is 13.4. The largest absolute Gasteiger partial charge is 0.416 e. The first-order valence-corrected chi connectivity index (χ1v) is 9.73. The Bertz CT molecular complexity index is 703. The summed E-state index contributed by atoms with van der Waals surface area (Å²) in [6.45, 7) is 13.5. The zero-order valence-corrected chi connectivity index (χ0v) is 16.6. The summed E-state index contributed by atoms with van der Waals surface area (Å²) in [7, 11) is -0.535. The second-order valence-corrected chi connectivity index (χ2v) is 12.1. The SMILES string of the molecule is CC(C)(C)P(c1ccccc1-c1ccc(C(F)(F)F)cc1)C(C)(C)C. The monoisotopic (exact) mass is 366 g/mol. The molecule has 25 heavy (non-hydrogen) atoms. The number of alkyl halides is 3. The second-order valence-electron chi connectivity index (χ2n) is 8.27. The van der Waals surface area contributed by atoms with Crippen LogP contribution in [0.2, 0.25) is 0 Å². The van der Waals surface area contributed by atoms with Crippen LogP contribution in [0.3, 0.4) is 0 Å². The zero-order chi connectivity index (χ0) is 19.0. The number of hydrogen-bond donors (Lipinski definition) is 0. The quantitative estimate of drug-likeness (QED) is 0.498. The molecule has 0 nitrogen and oxygen atoms in total. The maximum atomic E-state index is 12.8. The first kappa shape index (κ1) is 20.0. The van der Waals surface area contributed by atoms with Gasteiger partial charge in [0.2, 0.25) is 0 Å². The fraction of sp³-hybridized carbons (Fsp3) is 0.429. The average molecular weight is 366 g/mol. The van der Waals surface area contributed by atoms with Gasteiger partial charge in [0.1, 0.15) is 0 Å². The van der Waals surface area contributed by atoms with Gasteiger partial charge in [-0.15, -0.1) is 0 Å². The molecule has 0 atom stereocenters. The average Bonchev–Trinajstić information content (AvgIpc) is 2.44. The Balaban J connectivity index is 2.58. The van der Waals surface area contributed by atoms with E-state index in [1.807, 2.05) is 18.2 Å². The van der Waals surface area contributed by atoms with Gasteiger partial charge in [-0.2, -0.15) is 13.2 Å². The van der Waals surface area contributed by atoms with E-state index in [0.717, 1.165) is 11.1 Å². The molecule has 0 spiro atoms. The Morgan fingerprint density at radius 2 is 1.16 bits per heavy atom. The van der Waals surface area contributed by atoms with Gasteiger partial charge in [-0.1, -0.05) is 85.9 Å². The summed E-state index contributed by atoms with van der Waals surface area (Å²) in [5.74, 6) is 0. The molecule has 0 saturated heterocycles. The van der Waals surface area contributed by atoms with Gasteiger partial charge in [0.15, 0.2) is 0 Å². The van der Waals surface area contributed by atoms with E-state index < -0.39 is 19.7 Å². The van der Waals surface area contributed by atoms with Crippen LogP contribution in [-0.2, 0) is 6.18 Å². The van der Waals surface area contributed by atoms with Crippen LogP contribution >= 0.6 is 7.92 Å². The summed E-state index contributed by atoms with van der Waals surface area (Å²) in [5.41, 5.74) is 1.26. The molecule has 0 aliphatic carbocycles. The van der Waals surface area contributed by atoms with Gasteiger partial charge in [0.25, 0.3) is 0 Å². The third-order valence-corrected chi connectivity index (χ3v) is 7.56. The van der Waals surface area contributed by atoms with Gasteiger partial charge in [0.05, 0.1) is 5.56 Å². The highest BCUT2D eigenvalue weighted by molar-refractivity contribution is 7.68. The van der Waals surface area contributed by atoms with Crippen LogP contribution in [0, 0.1) is 0 Å². The van der Waals surface area contributed by atoms with Crippen molar-refractivity contribution in [1.29, 1.82) is 0 Å². The summed E-state index contributed by atoms with van der Waals surface area (Å²) in [5, 5.41) is 1.43. The van der Waals surface area contributed by atoms with Crippen molar-refractivity contribution in [1.82, 2.24) is 0 Å². The highest BCUT2D eigenvalue weighted by atomic mass is 31.1. The first-order valence-electron chi connectivity index (χ1n) is 8.39. The summed E-state index contributed by atoms with van der Waals surface area (Å²) in [4.78, 5) is 0. The molecule has 2 aromatic carbocycles. The Morgan fingerprint density at radius 1 is 0.680 bits per heavy atom. The fourth-order valence-electron chi connectivity index (χ4n) is 3.48. The summed E-state index contributed by atoms with van der Waals surface area (Å²) < 4.78 is 38.5. The number of benzene rings is 2. The summed E-state index contributed by atoms with van der Waals surface area (Å²) in [6, 6.07) is 13.6. The van der Waals surface area contributed by atoms with Crippen LogP contribution in [0.4, 0.5) is 13.2 Å². The lowest BCUT2D eigenvalue weighted by Gasteiger charge is -2.42. The first-order chi connectivity index (χ1) is 11.3. The predicted octanol–water partition coefficient (Wildman–Crippen LogP) is 7.08. The molecule has 2 rings (SSSR count). The van der Waals surface area contributed by atoms with Crippen LogP contribution in [0.1, 0.15) is 47.1 Å². The van der Waals surface area contributed by atoms with Gasteiger partial charge in [-0.3, -0.25) is 0 Å². The van der Waals surface area contributed by atoms with Crippen molar-refractivity contribution in [2.24, 2.45) is 0 Å². The molecule has 2 aromatic rings. The number of rotatable bonds is 2. The molecular formula is C21H26F3P. The highest BCUT2D eigenvalue weighted by Crippen LogP contribution is 2.59. The van der Waals surface area contributed by atoms with E-state index in [2.05, 4.69) is 47.6 Å². The van der Waals surface area contributed by atoms with Crippen LogP contribution in [0.15, 0.2) is 48.5 Å². The van der Waals surface area contributed by atoms with Crippen molar-refractivity contribution in [2.45, 2.75) is 58.0 Å². The fourth-order valence-corrected chi connectivity index (χ4v) is 7.62. The Hall–Kier alpha value is -1.34. The third-order valence-electron chi connectivity index (χ3n) is 4.01. The van der Waals surface area contributed by atoms with Crippen LogP contribution < -0.4 is 5.30 Å². The van der Waals surface area contributed by atoms with E-state index >= 15 is 0 Å². The van der Waals surface area contributed by atoms with Crippen molar-refractivity contribution in [2.75, 3.05) is 0 Å². The van der Waals surface area contributed by atoms with E-state index in [-0.39, 0.29) is 10.3 Å². The van der Waals surface area contributed by atoms with Crippen LogP contribution in [-0.4, -0.2) is 10.3 Å². The lowest BCUT2D eigenvalue weighted by Crippen LogP contribution is -2.31. The standard InChI is InChI=1S/C21H26F3P/c1-19(2,3)25(20(4,5)6)18-10-8-7-9-17(18)15-11-13-16(14-12-15)21(22,23)24/h7-14H,1-6H3. The van der Waals surface area contributed by atoms with Crippen molar-refractivity contribution < 1.29 is 13.2 Å². The Labute approximate surface area is 150 Å². The molecule has 0 amide bonds. The van der Waals surface area contributed by atoms with Gasteiger partial charge in [-0.05, 0) is 38.9 Å². The highest BCUT2D eigenvalue weighted by Gasteiger charge is 2.37. The van der Waals surface area contributed by atoms with Crippen molar-refractivity contribution in [3.05, 3.63) is 54.1 Å². The van der Waals surface area contributed by atoms with E-state index in [1.165, 1.54) is 17.4 Å². The lowest BCUT2D eigenvalue weighted by atomic mass is 10.0. The number of halogens is 3. The summed E-state index contributed by atoms with van der Waals surface area (Å²) in [6.07, 6.45) is -4.30. The molecule has 0 bridgehead atoms. The minimum absolute atomic E-state index is 0.0929. The van der Waals surface area contributed by atoms with Gasteiger partial charge >= 0.3 is 6.18 Å². The number of hydrogen-bond acceptors (Lipinski definition) is 0. The van der Waals surface area contributed by atoms with Gasteiger partial charge in [0, 0.05) is 0 Å². The summed E-state index contributed by atoms with van der Waals surface area (Å²) >= 11 is 0. The molecule has 0 radical (unpaired) electrons. The second kappa shape index (κ2) is 6.76. The molecule has 0 aliphatic heterocycles. The smallest absolute Gasteiger partial charge is 0.166 e. The third kappa shape index (κ3) is 4.64. The zero-order valence-electron chi connectivity index (χ0n) is 15.7. The molecule has 4 heteroatoms. The van der Waals surface area contributed by atoms with Gasteiger partial charge in [-0.25, -0.2) is 0 Å². The molecule has 0 saturated carbocycles. The van der Waals surface area contributed by atoms with Crippen molar-refractivity contribution >= 4 is 13.2 Å². The maximum absolute atomic E-state index is 12.8. The Kier molecular flexibility index (Phi) is 5.40. The molecule has 0 aliphatic rings. The van der Waals surface area contributed by atoms with E-state index in [4.69, 9.17) is 0 Å². The maximum Gasteiger partial charge on any atom is 0.416 e.